The second kappa shape index (κ2) is 6.05. The molecule has 0 radical (unpaired) electrons. The molecule has 7 heteroatoms. The molecule has 1 N–H and O–H groups in total. The van der Waals surface area contributed by atoms with Gasteiger partial charge in [-0.15, -0.1) is 4.91 Å². The fraction of sp³-hybridized carbons (Fsp3) is 0.167. The average Bonchev–Trinajstić information content (AvgIpc) is 2.87. The van der Waals surface area contributed by atoms with Gasteiger partial charge in [0.15, 0.2) is 10.1 Å². The van der Waals surface area contributed by atoms with E-state index in [1.165, 1.54) is 6.20 Å². The number of nitrogens with one attached hydrogen (secondary N) is 1. The second-order valence-electron chi connectivity index (χ2n) is 3.48. The van der Waals surface area contributed by atoms with E-state index < -0.39 is 0 Å². The molecule has 6 nitrogen and oxygen atoms in total. The van der Waals surface area contributed by atoms with Crippen molar-refractivity contribution in [1.29, 1.82) is 0 Å². The lowest BCUT2D eigenvalue weighted by Gasteiger charge is -2.08. The summed E-state index contributed by atoms with van der Waals surface area (Å²) < 4.78 is 5.38. The van der Waals surface area contributed by atoms with Crippen LogP contribution in [-0.4, -0.2) is 17.5 Å². The minimum Gasteiger partial charge on any atom is -0.493 e. The van der Waals surface area contributed by atoms with Gasteiger partial charge in [0, 0.05) is 0 Å². The van der Waals surface area contributed by atoms with Crippen molar-refractivity contribution in [3.63, 3.8) is 0 Å². The number of hydrogen-bond donors (Lipinski definition) is 1. The van der Waals surface area contributed by atoms with Crippen LogP contribution in [-0.2, 0) is 0 Å². The molecule has 0 aliphatic heterocycles. The number of aromatic nitrogens is 1. The molecular formula is C12H11N3O3S. The normalized spacial score (nSPS) is 9.95. The third-order valence-electron chi connectivity index (χ3n) is 2.24. The van der Waals surface area contributed by atoms with E-state index in [0.717, 1.165) is 11.3 Å². The quantitative estimate of drug-likeness (QED) is 0.851. The minimum absolute atomic E-state index is 0.216. The molecule has 0 fully saturated rings. The average molecular weight is 277 g/mol. The Morgan fingerprint density at radius 3 is 2.95 bits per heavy atom. The van der Waals surface area contributed by atoms with Crippen molar-refractivity contribution in [2.45, 2.75) is 6.92 Å². The number of amides is 1. The lowest BCUT2D eigenvalue weighted by atomic mass is 10.2. The third-order valence-corrected chi connectivity index (χ3v) is 3.03. The Morgan fingerprint density at radius 2 is 2.26 bits per heavy atom. The maximum absolute atomic E-state index is 12.1. The molecular weight excluding hydrogens is 266 g/mol. The molecule has 0 aliphatic rings. The van der Waals surface area contributed by atoms with Crippen LogP contribution >= 0.6 is 11.3 Å². The molecule has 98 valence electrons. The molecule has 2 aromatic rings. The molecule has 19 heavy (non-hydrogen) atoms. The zero-order valence-corrected chi connectivity index (χ0v) is 10.9. The van der Waals surface area contributed by atoms with Crippen LogP contribution in [0.25, 0.3) is 0 Å². The summed E-state index contributed by atoms with van der Waals surface area (Å²) in [6.45, 7) is 2.32. The number of rotatable bonds is 5. The Labute approximate surface area is 113 Å². The highest BCUT2D eigenvalue weighted by Gasteiger charge is 2.13. The van der Waals surface area contributed by atoms with Crippen LogP contribution in [0.3, 0.4) is 0 Å². The van der Waals surface area contributed by atoms with Crippen LogP contribution < -0.4 is 10.1 Å². The number of carbonyl (C=O) groups excluding carboxylic acids is 1. The van der Waals surface area contributed by atoms with Crippen molar-refractivity contribution in [2.75, 3.05) is 11.9 Å². The van der Waals surface area contributed by atoms with Gasteiger partial charge in [0.05, 0.1) is 18.4 Å². The highest BCUT2D eigenvalue weighted by molar-refractivity contribution is 7.19. The molecule has 0 unspecified atom stereocenters. The highest BCUT2D eigenvalue weighted by Crippen LogP contribution is 2.26. The van der Waals surface area contributed by atoms with Crippen LogP contribution in [0.2, 0.25) is 0 Å². The number of carbonyl (C=O) groups is 1. The number of ether oxygens (including phenoxy) is 1. The molecule has 1 aromatic heterocycles. The number of thiazole rings is 1. The molecule has 1 heterocycles. The van der Waals surface area contributed by atoms with Crippen molar-refractivity contribution in [3.8, 4) is 5.75 Å². The van der Waals surface area contributed by atoms with Crippen molar-refractivity contribution in [3.05, 3.63) is 40.9 Å². The van der Waals surface area contributed by atoms with Crippen LogP contribution in [0.4, 0.5) is 10.1 Å². The van der Waals surface area contributed by atoms with Crippen molar-refractivity contribution in [1.82, 2.24) is 4.98 Å². The number of benzene rings is 1. The SMILES string of the molecule is CCOc1ccccc1C(=O)Nc1ncc(N=O)s1. The fourth-order valence-corrected chi connectivity index (χ4v) is 2.06. The Hall–Kier alpha value is -2.28. The molecule has 1 aromatic carbocycles. The number of nitrogens with zero attached hydrogens (tertiary/aromatic N) is 2. The van der Waals surface area contributed by atoms with Gasteiger partial charge in [0.1, 0.15) is 5.75 Å². The summed E-state index contributed by atoms with van der Waals surface area (Å²) >= 11 is 1.01. The zero-order valence-electron chi connectivity index (χ0n) is 10.1. The Morgan fingerprint density at radius 1 is 1.47 bits per heavy atom. The summed E-state index contributed by atoms with van der Waals surface area (Å²) in [5, 5.41) is 5.89. The topological polar surface area (TPSA) is 80.7 Å². The van der Waals surface area contributed by atoms with Gasteiger partial charge in [-0.1, -0.05) is 23.5 Å². The number of nitroso groups, excluding NO2 is 1. The van der Waals surface area contributed by atoms with Gasteiger partial charge in [-0.25, -0.2) is 4.98 Å². The van der Waals surface area contributed by atoms with Crippen molar-refractivity contribution >= 4 is 27.4 Å². The van der Waals surface area contributed by atoms with E-state index in [4.69, 9.17) is 4.74 Å². The van der Waals surface area contributed by atoms with Crippen molar-refractivity contribution in [2.24, 2.45) is 5.18 Å². The summed E-state index contributed by atoms with van der Waals surface area (Å²) in [5.74, 6) is 0.170. The van der Waals surface area contributed by atoms with Crippen LogP contribution in [0.5, 0.6) is 5.75 Å². The molecule has 0 aliphatic carbocycles. The zero-order chi connectivity index (χ0) is 13.7. The maximum Gasteiger partial charge on any atom is 0.261 e. The lowest BCUT2D eigenvalue weighted by Crippen LogP contribution is -2.13. The van der Waals surface area contributed by atoms with E-state index in [2.05, 4.69) is 15.5 Å². The fourth-order valence-electron chi connectivity index (χ4n) is 1.47. The van der Waals surface area contributed by atoms with E-state index in [1.807, 2.05) is 6.92 Å². The third kappa shape index (κ3) is 3.14. The van der Waals surface area contributed by atoms with E-state index >= 15 is 0 Å². The van der Waals surface area contributed by atoms with E-state index in [1.54, 1.807) is 24.3 Å². The van der Waals surface area contributed by atoms with Crippen LogP contribution in [0.1, 0.15) is 17.3 Å². The van der Waals surface area contributed by atoms with Gasteiger partial charge in [-0.3, -0.25) is 10.1 Å². The smallest absolute Gasteiger partial charge is 0.261 e. The molecule has 0 atom stereocenters. The second-order valence-corrected chi connectivity index (χ2v) is 4.49. The highest BCUT2D eigenvalue weighted by atomic mass is 32.1. The summed E-state index contributed by atoms with van der Waals surface area (Å²) in [6, 6.07) is 6.92. The number of hydrogen-bond acceptors (Lipinski definition) is 6. The predicted molar refractivity (Wildman–Crippen MR) is 73.1 cm³/mol. The Bertz CT molecular complexity index is 597. The van der Waals surface area contributed by atoms with E-state index in [-0.39, 0.29) is 10.9 Å². The predicted octanol–water partition coefficient (Wildman–Crippen LogP) is 3.19. The van der Waals surface area contributed by atoms with Gasteiger partial charge >= 0.3 is 0 Å². The van der Waals surface area contributed by atoms with Crippen LogP contribution in [0, 0.1) is 4.91 Å². The van der Waals surface area contributed by atoms with Gasteiger partial charge in [0.2, 0.25) is 0 Å². The Balaban J connectivity index is 2.17. The molecule has 0 saturated carbocycles. The minimum atomic E-state index is -0.337. The first-order valence-corrected chi connectivity index (χ1v) is 6.38. The standard InChI is InChI=1S/C12H11N3O3S/c1-2-18-9-6-4-3-5-8(9)11(16)14-12-13-7-10(15-17)19-12/h3-7H,2H2,1H3,(H,13,14,16). The molecule has 0 bridgehead atoms. The maximum atomic E-state index is 12.1. The molecule has 1 amide bonds. The first-order valence-electron chi connectivity index (χ1n) is 5.57. The first-order chi connectivity index (χ1) is 9.24. The monoisotopic (exact) mass is 277 g/mol. The van der Waals surface area contributed by atoms with Crippen LogP contribution in [0.15, 0.2) is 35.6 Å². The first kappa shape index (κ1) is 13.2. The van der Waals surface area contributed by atoms with Gasteiger partial charge < -0.3 is 4.74 Å². The Kier molecular flexibility index (Phi) is 4.19. The van der Waals surface area contributed by atoms with Gasteiger partial charge in [-0.05, 0) is 24.2 Å². The summed E-state index contributed by atoms with van der Waals surface area (Å²) in [6.07, 6.45) is 1.31. The van der Waals surface area contributed by atoms with E-state index in [0.29, 0.717) is 23.1 Å². The number of anilines is 1. The molecule has 2 rings (SSSR count). The van der Waals surface area contributed by atoms with E-state index in [9.17, 15) is 9.70 Å². The molecule has 0 spiro atoms. The van der Waals surface area contributed by atoms with Gasteiger partial charge in [-0.2, -0.15) is 0 Å². The molecule has 0 saturated heterocycles. The largest absolute Gasteiger partial charge is 0.493 e. The summed E-state index contributed by atoms with van der Waals surface area (Å²) in [4.78, 5) is 26.3. The lowest BCUT2D eigenvalue weighted by molar-refractivity contribution is 0.102. The summed E-state index contributed by atoms with van der Waals surface area (Å²) in [7, 11) is 0. The van der Waals surface area contributed by atoms with Gasteiger partial charge in [0.25, 0.3) is 5.91 Å². The number of para-hydroxylation sites is 1. The van der Waals surface area contributed by atoms with Crippen molar-refractivity contribution < 1.29 is 9.53 Å². The summed E-state index contributed by atoms with van der Waals surface area (Å²) in [5.41, 5.74) is 0.417.